The lowest BCUT2D eigenvalue weighted by Gasteiger charge is -2.01. The van der Waals surface area contributed by atoms with Crippen LogP contribution < -0.4 is 11.1 Å². The van der Waals surface area contributed by atoms with E-state index in [1.165, 1.54) is 18.2 Å². The Balaban J connectivity index is 1.68. The predicted molar refractivity (Wildman–Crippen MR) is 92.6 cm³/mol. The van der Waals surface area contributed by atoms with E-state index in [2.05, 4.69) is 5.32 Å². The van der Waals surface area contributed by atoms with Crippen LogP contribution >= 0.6 is 0 Å². The van der Waals surface area contributed by atoms with Gasteiger partial charge in [0.05, 0.1) is 5.56 Å². The van der Waals surface area contributed by atoms with Crippen molar-refractivity contribution in [2.75, 3.05) is 11.1 Å². The fourth-order valence-corrected chi connectivity index (χ4v) is 2.16. The fourth-order valence-electron chi connectivity index (χ4n) is 2.16. The molecule has 1 aromatic heterocycles. The van der Waals surface area contributed by atoms with Gasteiger partial charge in [-0.1, -0.05) is 12.1 Å². The van der Waals surface area contributed by atoms with Gasteiger partial charge >= 0.3 is 0 Å². The number of nitrogens with two attached hydrogens (primary N) is 1. The van der Waals surface area contributed by atoms with Gasteiger partial charge in [0.25, 0.3) is 0 Å². The Bertz CT molecular complexity index is 882. The highest BCUT2D eigenvalue weighted by atomic mass is 19.1. The number of halogens is 1. The van der Waals surface area contributed by atoms with Crippen molar-refractivity contribution in [2.24, 2.45) is 0 Å². The number of rotatable bonds is 4. The van der Waals surface area contributed by atoms with E-state index in [1.807, 2.05) is 0 Å². The smallest absolute Gasteiger partial charge is 0.248 e. The van der Waals surface area contributed by atoms with E-state index in [0.717, 1.165) is 0 Å². The molecule has 0 fully saturated rings. The standard InChI is InChI=1S/C19H15FN2O2/c20-17-4-2-1-3-16(17)18-11-9-15(24-18)10-12-19(23)22-14-7-5-13(21)6-8-14/h1-12H,21H2,(H,22,23)/b12-10+. The summed E-state index contributed by atoms with van der Waals surface area (Å²) in [6.07, 6.45) is 2.87. The molecule has 0 radical (unpaired) electrons. The average molecular weight is 322 g/mol. The van der Waals surface area contributed by atoms with Crippen molar-refractivity contribution in [3.8, 4) is 11.3 Å². The minimum absolute atomic E-state index is 0.302. The van der Waals surface area contributed by atoms with Gasteiger partial charge in [-0.05, 0) is 54.6 Å². The van der Waals surface area contributed by atoms with Crippen LogP contribution in [0.1, 0.15) is 5.76 Å². The Kier molecular flexibility index (Phi) is 4.43. The zero-order valence-electron chi connectivity index (χ0n) is 12.7. The van der Waals surface area contributed by atoms with Crippen LogP contribution in [0.2, 0.25) is 0 Å². The van der Waals surface area contributed by atoms with Crippen molar-refractivity contribution in [2.45, 2.75) is 0 Å². The molecule has 0 saturated heterocycles. The highest BCUT2D eigenvalue weighted by molar-refractivity contribution is 6.01. The highest BCUT2D eigenvalue weighted by Gasteiger charge is 2.08. The van der Waals surface area contributed by atoms with Crippen LogP contribution in [-0.2, 0) is 4.79 Å². The number of furan rings is 1. The number of anilines is 2. The predicted octanol–water partition coefficient (Wildman–Crippen LogP) is 4.32. The first-order chi connectivity index (χ1) is 11.6. The normalized spacial score (nSPS) is 10.9. The van der Waals surface area contributed by atoms with Crippen LogP contribution in [0.4, 0.5) is 15.8 Å². The van der Waals surface area contributed by atoms with Crippen LogP contribution in [0.25, 0.3) is 17.4 Å². The van der Waals surface area contributed by atoms with Crippen molar-refractivity contribution in [3.63, 3.8) is 0 Å². The number of amides is 1. The summed E-state index contributed by atoms with van der Waals surface area (Å²) >= 11 is 0. The summed E-state index contributed by atoms with van der Waals surface area (Å²) in [6, 6.07) is 16.5. The van der Waals surface area contributed by atoms with Gasteiger partial charge in [-0.15, -0.1) is 0 Å². The molecule has 0 aliphatic heterocycles. The average Bonchev–Trinajstić information content (AvgIpc) is 3.04. The molecule has 3 aromatic rings. The minimum Gasteiger partial charge on any atom is -0.457 e. The van der Waals surface area contributed by atoms with Crippen molar-refractivity contribution in [3.05, 3.63) is 78.3 Å². The van der Waals surface area contributed by atoms with Gasteiger partial charge in [-0.3, -0.25) is 4.79 Å². The molecule has 4 nitrogen and oxygen atoms in total. The number of carbonyl (C=O) groups excluding carboxylic acids is 1. The first kappa shape index (κ1) is 15.6. The van der Waals surface area contributed by atoms with E-state index >= 15 is 0 Å². The van der Waals surface area contributed by atoms with Crippen molar-refractivity contribution >= 4 is 23.4 Å². The first-order valence-electron chi connectivity index (χ1n) is 7.31. The molecule has 120 valence electrons. The molecule has 3 N–H and O–H groups in total. The SMILES string of the molecule is Nc1ccc(NC(=O)/C=C/c2ccc(-c3ccccc3F)o2)cc1. The van der Waals surface area contributed by atoms with Gasteiger partial charge in [-0.25, -0.2) is 4.39 Å². The Hall–Kier alpha value is -3.34. The lowest BCUT2D eigenvalue weighted by molar-refractivity contribution is -0.111. The van der Waals surface area contributed by atoms with E-state index in [1.54, 1.807) is 54.6 Å². The number of hydrogen-bond donors (Lipinski definition) is 2. The Morgan fingerprint density at radius 3 is 2.54 bits per heavy atom. The zero-order chi connectivity index (χ0) is 16.9. The number of nitrogens with one attached hydrogen (secondary N) is 1. The first-order valence-corrected chi connectivity index (χ1v) is 7.31. The third kappa shape index (κ3) is 3.70. The number of hydrogen-bond acceptors (Lipinski definition) is 3. The summed E-state index contributed by atoms with van der Waals surface area (Å²) in [4.78, 5) is 11.9. The number of nitrogen functional groups attached to an aromatic ring is 1. The molecule has 0 unspecified atom stereocenters. The molecule has 0 spiro atoms. The summed E-state index contributed by atoms with van der Waals surface area (Å²) in [7, 11) is 0. The topological polar surface area (TPSA) is 68.3 Å². The zero-order valence-corrected chi connectivity index (χ0v) is 12.7. The van der Waals surface area contributed by atoms with Gasteiger partial charge in [0.1, 0.15) is 17.3 Å². The maximum atomic E-state index is 13.7. The molecule has 0 saturated carbocycles. The third-order valence-corrected chi connectivity index (χ3v) is 3.34. The Morgan fingerprint density at radius 1 is 1.04 bits per heavy atom. The summed E-state index contributed by atoms with van der Waals surface area (Å²) < 4.78 is 19.3. The minimum atomic E-state index is -0.358. The summed E-state index contributed by atoms with van der Waals surface area (Å²) in [5.41, 5.74) is 7.23. The van der Waals surface area contributed by atoms with E-state index in [9.17, 15) is 9.18 Å². The largest absolute Gasteiger partial charge is 0.457 e. The molecule has 3 rings (SSSR count). The van der Waals surface area contributed by atoms with Crippen molar-refractivity contribution in [1.29, 1.82) is 0 Å². The number of carbonyl (C=O) groups is 1. The maximum absolute atomic E-state index is 13.7. The number of benzene rings is 2. The molecule has 0 atom stereocenters. The van der Waals surface area contributed by atoms with Crippen LogP contribution in [0.3, 0.4) is 0 Å². The molecule has 2 aromatic carbocycles. The summed E-state index contributed by atoms with van der Waals surface area (Å²) in [5.74, 6) is 0.208. The van der Waals surface area contributed by atoms with Gasteiger partial charge in [0.2, 0.25) is 5.91 Å². The molecule has 1 heterocycles. The molecule has 0 bridgehead atoms. The van der Waals surface area contributed by atoms with Crippen molar-refractivity contribution in [1.82, 2.24) is 0 Å². The molecule has 24 heavy (non-hydrogen) atoms. The second-order valence-corrected chi connectivity index (χ2v) is 5.13. The fraction of sp³-hybridized carbons (Fsp3) is 0. The van der Waals surface area contributed by atoms with E-state index in [4.69, 9.17) is 10.2 Å². The van der Waals surface area contributed by atoms with E-state index in [-0.39, 0.29) is 11.7 Å². The van der Waals surface area contributed by atoms with Crippen molar-refractivity contribution < 1.29 is 13.6 Å². The molecule has 0 aliphatic carbocycles. The van der Waals surface area contributed by atoms with Gasteiger partial charge in [0.15, 0.2) is 0 Å². The maximum Gasteiger partial charge on any atom is 0.248 e. The Morgan fingerprint density at radius 2 is 1.79 bits per heavy atom. The highest BCUT2D eigenvalue weighted by Crippen LogP contribution is 2.25. The van der Waals surface area contributed by atoms with E-state index < -0.39 is 0 Å². The lowest BCUT2D eigenvalue weighted by Crippen LogP contribution is -2.07. The second kappa shape index (κ2) is 6.83. The van der Waals surface area contributed by atoms with Crippen LogP contribution in [0.15, 0.2) is 71.2 Å². The van der Waals surface area contributed by atoms with Crippen LogP contribution in [0.5, 0.6) is 0 Å². The Labute approximate surface area is 138 Å². The van der Waals surface area contributed by atoms with Crippen LogP contribution in [0, 0.1) is 5.82 Å². The molecular formula is C19H15FN2O2. The summed E-state index contributed by atoms with van der Waals surface area (Å²) in [5, 5.41) is 2.70. The van der Waals surface area contributed by atoms with Crippen LogP contribution in [-0.4, -0.2) is 5.91 Å². The van der Waals surface area contributed by atoms with Gasteiger partial charge in [0, 0.05) is 17.5 Å². The molecule has 5 heteroatoms. The lowest BCUT2D eigenvalue weighted by atomic mass is 10.1. The summed E-state index contributed by atoms with van der Waals surface area (Å²) in [6.45, 7) is 0. The quantitative estimate of drug-likeness (QED) is 0.555. The molecular weight excluding hydrogens is 307 g/mol. The second-order valence-electron chi connectivity index (χ2n) is 5.13. The molecule has 1 amide bonds. The third-order valence-electron chi connectivity index (χ3n) is 3.34. The molecule has 0 aliphatic rings. The van der Waals surface area contributed by atoms with E-state index in [0.29, 0.717) is 28.5 Å². The van der Waals surface area contributed by atoms with Gasteiger partial charge < -0.3 is 15.5 Å². The van der Waals surface area contributed by atoms with Gasteiger partial charge in [-0.2, -0.15) is 0 Å². The monoisotopic (exact) mass is 322 g/mol.